The van der Waals surface area contributed by atoms with Gasteiger partial charge in [0.25, 0.3) is 5.91 Å². The average molecular weight is 287 g/mol. The second-order valence-corrected chi connectivity index (χ2v) is 3.93. The van der Waals surface area contributed by atoms with E-state index in [2.05, 4.69) is 20.0 Å². The topological polar surface area (TPSA) is 90.4 Å². The molecule has 2 rings (SSSR count). The normalized spacial score (nSPS) is 9.81. The third-order valence-electron chi connectivity index (χ3n) is 2.64. The van der Waals surface area contributed by atoms with Crippen molar-refractivity contribution in [2.45, 2.75) is 0 Å². The van der Waals surface area contributed by atoms with Crippen LogP contribution in [0.1, 0.15) is 20.8 Å². The van der Waals surface area contributed by atoms with Crippen LogP contribution in [-0.2, 0) is 4.74 Å². The molecule has 108 valence electrons. The second kappa shape index (κ2) is 6.47. The van der Waals surface area contributed by atoms with Gasteiger partial charge in [-0.2, -0.15) is 0 Å². The second-order valence-electron chi connectivity index (χ2n) is 3.93. The Hall–Kier alpha value is -2.96. The minimum absolute atomic E-state index is 0.0390. The number of ether oxygens (including phenoxy) is 2. The Bertz CT molecular complexity index is 673. The Balaban J connectivity index is 2.25. The quantitative estimate of drug-likeness (QED) is 0.857. The number of benzene rings is 1. The van der Waals surface area contributed by atoms with Crippen LogP contribution >= 0.6 is 0 Å². The van der Waals surface area contributed by atoms with E-state index in [0.717, 1.165) is 0 Å². The molecule has 2 aromatic rings. The van der Waals surface area contributed by atoms with Gasteiger partial charge in [0.15, 0.2) is 11.5 Å². The molecule has 0 saturated carbocycles. The number of anilines is 1. The maximum atomic E-state index is 12.2. The van der Waals surface area contributed by atoms with Gasteiger partial charge in [-0.1, -0.05) is 6.07 Å². The van der Waals surface area contributed by atoms with Crippen molar-refractivity contribution in [1.82, 2.24) is 9.97 Å². The SMILES string of the molecule is COC(=O)c1nccnc1NC(=O)c1cccc(OC)c1. The fourth-order valence-corrected chi connectivity index (χ4v) is 1.62. The first kappa shape index (κ1) is 14.4. The van der Waals surface area contributed by atoms with Gasteiger partial charge in [0.2, 0.25) is 0 Å². The summed E-state index contributed by atoms with van der Waals surface area (Å²) >= 11 is 0. The molecule has 0 fully saturated rings. The number of aromatic nitrogens is 2. The lowest BCUT2D eigenvalue weighted by Gasteiger charge is -2.08. The van der Waals surface area contributed by atoms with Gasteiger partial charge in [-0.15, -0.1) is 0 Å². The van der Waals surface area contributed by atoms with Crippen LogP contribution < -0.4 is 10.1 Å². The number of carbonyl (C=O) groups is 2. The van der Waals surface area contributed by atoms with Crippen molar-refractivity contribution in [3.8, 4) is 5.75 Å². The summed E-state index contributed by atoms with van der Waals surface area (Å²) in [5.74, 6) is -0.518. The van der Waals surface area contributed by atoms with Gasteiger partial charge < -0.3 is 14.8 Å². The molecule has 0 atom stereocenters. The van der Waals surface area contributed by atoms with E-state index in [9.17, 15) is 9.59 Å². The molecule has 1 heterocycles. The molecule has 0 aliphatic rings. The monoisotopic (exact) mass is 287 g/mol. The molecular weight excluding hydrogens is 274 g/mol. The minimum atomic E-state index is -0.677. The van der Waals surface area contributed by atoms with Crippen molar-refractivity contribution >= 4 is 17.7 Å². The van der Waals surface area contributed by atoms with E-state index >= 15 is 0 Å². The lowest BCUT2D eigenvalue weighted by molar-refractivity contribution is 0.0595. The molecule has 0 aliphatic heterocycles. The van der Waals surface area contributed by atoms with E-state index in [1.807, 2.05) is 0 Å². The molecule has 0 spiro atoms. The van der Waals surface area contributed by atoms with Crippen LogP contribution in [0.3, 0.4) is 0 Å². The molecule has 0 saturated heterocycles. The van der Waals surface area contributed by atoms with E-state index in [1.165, 1.54) is 26.6 Å². The first-order chi connectivity index (χ1) is 10.2. The lowest BCUT2D eigenvalue weighted by Crippen LogP contribution is -2.17. The zero-order valence-corrected chi connectivity index (χ0v) is 11.5. The smallest absolute Gasteiger partial charge is 0.360 e. The van der Waals surface area contributed by atoms with Crippen LogP contribution in [0, 0.1) is 0 Å². The van der Waals surface area contributed by atoms with Crippen molar-refractivity contribution in [2.24, 2.45) is 0 Å². The van der Waals surface area contributed by atoms with Crippen LogP contribution in [0.2, 0.25) is 0 Å². The Kier molecular flexibility index (Phi) is 4.45. The molecule has 0 aliphatic carbocycles. The van der Waals surface area contributed by atoms with Gasteiger partial charge in [-0.05, 0) is 18.2 Å². The van der Waals surface area contributed by atoms with Gasteiger partial charge >= 0.3 is 5.97 Å². The summed E-state index contributed by atoms with van der Waals surface area (Å²) in [7, 11) is 2.74. The van der Waals surface area contributed by atoms with E-state index in [4.69, 9.17) is 4.74 Å². The number of amides is 1. The summed E-state index contributed by atoms with van der Waals surface area (Å²) in [6.45, 7) is 0. The molecule has 1 N–H and O–H groups in total. The maximum absolute atomic E-state index is 12.2. The van der Waals surface area contributed by atoms with Gasteiger partial charge in [0.05, 0.1) is 14.2 Å². The summed E-state index contributed by atoms with van der Waals surface area (Å²) in [5.41, 5.74) is 0.312. The van der Waals surface area contributed by atoms with Crippen molar-refractivity contribution in [1.29, 1.82) is 0 Å². The highest BCUT2D eigenvalue weighted by atomic mass is 16.5. The molecule has 7 heteroatoms. The van der Waals surface area contributed by atoms with Crippen LogP contribution in [0.4, 0.5) is 5.82 Å². The number of nitrogens with zero attached hydrogens (tertiary/aromatic N) is 2. The first-order valence-corrected chi connectivity index (χ1v) is 6.00. The van der Waals surface area contributed by atoms with Crippen LogP contribution in [0.25, 0.3) is 0 Å². The number of hydrogen-bond acceptors (Lipinski definition) is 6. The van der Waals surface area contributed by atoms with Crippen LogP contribution in [0.15, 0.2) is 36.7 Å². The molecule has 1 aromatic carbocycles. The third-order valence-corrected chi connectivity index (χ3v) is 2.64. The minimum Gasteiger partial charge on any atom is -0.497 e. The number of hydrogen-bond donors (Lipinski definition) is 1. The highest BCUT2D eigenvalue weighted by molar-refractivity contribution is 6.06. The Morgan fingerprint density at radius 2 is 1.90 bits per heavy atom. The number of carbonyl (C=O) groups excluding carboxylic acids is 2. The Morgan fingerprint density at radius 1 is 1.14 bits per heavy atom. The highest BCUT2D eigenvalue weighted by Crippen LogP contribution is 2.15. The van der Waals surface area contributed by atoms with Crippen molar-refractivity contribution < 1.29 is 19.1 Å². The Labute approximate surface area is 120 Å². The van der Waals surface area contributed by atoms with E-state index in [0.29, 0.717) is 11.3 Å². The van der Waals surface area contributed by atoms with Gasteiger partial charge in [0, 0.05) is 18.0 Å². The van der Waals surface area contributed by atoms with Crippen molar-refractivity contribution in [3.05, 3.63) is 47.9 Å². The third kappa shape index (κ3) is 3.33. The molecule has 1 amide bonds. The van der Waals surface area contributed by atoms with E-state index < -0.39 is 11.9 Å². The zero-order valence-electron chi connectivity index (χ0n) is 11.5. The lowest BCUT2D eigenvalue weighted by atomic mass is 10.2. The fourth-order valence-electron chi connectivity index (χ4n) is 1.62. The van der Waals surface area contributed by atoms with Crippen molar-refractivity contribution in [3.63, 3.8) is 0 Å². The molecule has 7 nitrogen and oxygen atoms in total. The number of methoxy groups -OCH3 is 2. The highest BCUT2D eigenvalue weighted by Gasteiger charge is 2.17. The predicted octanol–water partition coefficient (Wildman–Crippen LogP) is 1.52. The molecule has 1 aromatic heterocycles. The number of nitrogens with one attached hydrogen (secondary N) is 1. The van der Waals surface area contributed by atoms with E-state index in [-0.39, 0.29) is 11.5 Å². The fraction of sp³-hybridized carbons (Fsp3) is 0.143. The molecule has 0 bridgehead atoms. The number of esters is 1. The summed E-state index contributed by atoms with van der Waals surface area (Å²) in [5, 5.41) is 2.52. The molecule has 0 unspecified atom stereocenters. The average Bonchev–Trinajstić information content (AvgIpc) is 2.54. The van der Waals surface area contributed by atoms with Crippen LogP contribution in [0.5, 0.6) is 5.75 Å². The largest absolute Gasteiger partial charge is 0.497 e. The number of rotatable bonds is 4. The molecule has 0 radical (unpaired) electrons. The molecular formula is C14H13N3O4. The van der Waals surface area contributed by atoms with Gasteiger partial charge in [0.1, 0.15) is 5.75 Å². The summed E-state index contributed by atoms with van der Waals surface area (Å²) < 4.78 is 9.64. The predicted molar refractivity (Wildman–Crippen MR) is 74.3 cm³/mol. The van der Waals surface area contributed by atoms with Gasteiger partial charge in [-0.3, -0.25) is 4.79 Å². The molecule has 21 heavy (non-hydrogen) atoms. The summed E-state index contributed by atoms with van der Waals surface area (Å²) in [6.07, 6.45) is 2.71. The van der Waals surface area contributed by atoms with Crippen molar-refractivity contribution in [2.75, 3.05) is 19.5 Å². The zero-order chi connectivity index (χ0) is 15.2. The first-order valence-electron chi connectivity index (χ1n) is 6.00. The van der Waals surface area contributed by atoms with Crippen LogP contribution in [-0.4, -0.2) is 36.1 Å². The maximum Gasteiger partial charge on any atom is 0.360 e. The van der Waals surface area contributed by atoms with E-state index in [1.54, 1.807) is 24.3 Å². The Morgan fingerprint density at radius 3 is 2.62 bits per heavy atom. The standard InChI is InChI=1S/C14H13N3O4/c1-20-10-5-3-4-9(8-10)13(18)17-12-11(14(19)21-2)15-6-7-16-12/h3-8H,1-2H3,(H,16,17,18). The van der Waals surface area contributed by atoms with Gasteiger partial charge in [-0.25, -0.2) is 14.8 Å². The summed E-state index contributed by atoms with van der Waals surface area (Å²) in [4.78, 5) is 31.5. The summed E-state index contributed by atoms with van der Waals surface area (Å²) in [6, 6.07) is 6.60.